The van der Waals surface area contributed by atoms with Gasteiger partial charge in [-0.15, -0.1) is 0 Å². The lowest BCUT2D eigenvalue weighted by Crippen LogP contribution is -2.49. The van der Waals surface area contributed by atoms with E-state index in [1.54, 1.807) is 0 Å². The number of piperidine rings is 1. The van der Waals surface area contributed by atoms with Gasteiger partial charge in [-0.05, 0) is 44.4 Å². The topological polar surface area (TPSA) is 15.3 Å². The van der Waals surface area contributed by atoms with Gasteiger partial charge in [0.2, 0.25) is 0 Å². The Morgan fingerprint density at radius 3 is 2.71 bits per heavy atom. The standard InChI is InChI=1S/C15H24N2/c1-4-17(14-9-12(2)10-16-11-14)15-8-6-5-7-13(15)3/h5-8,12,14,16H,4,9-11H2,1-3H3. The van der Waals surface area contributed by atoms with Crippen molar-refractivity contribution in [2.45, 2.75) is 33.2 Å². The average Bonchev–Trinajstić information content (AvgIpc) is 2.33. The number of benzene rings is 1. The molecule has 0 saturated carbocycles. The summed E-state index contributed by atoms with van der Waals surface area (Å²) < 4.78 is 0. The van der Waals surface area contributed by atoms with Crippen molar-refractivity contribution in [3.8, 4) is 0 Å². The second-order valence-corrected chi connectivity index (χ2v) is 5.23. The molecule has 1 N–H and O–H groups in total. The fraction of sp³-hybridized carbons (Fsp3) is 0.600. The average molecular weight is 232 g/mol. The Labute approximate surface area is 105 Å². The number of rotatable bonds is 3. The number of anilines is 1. The van der Waals surface area contributed by atoms with Crippen molar-refractivity contribution in [3.05, 3.63) is 29.8 Å². The molecule has 17 heavy (non-hydrogen) atoms. The van der Waals surface area contributed by atoms with Crippen molar-refractivity contribution >= 4 is 5.69 Å². The highest BCUT2D eigenvalue weighted by Crippen LogP contribution is 2.25. The van der Waals surface area contributed by atoms with E-state index in [2.05, 4.69) is 55.3 Å². The van der Waals surface area contributed by atoms with E-state index in [0.717, 1.165) is 19.0 Å². The molecule has 0 bridgehead atoms. The van der Waals surface area contributed by atoms with Gasteiger partial charge < -0.3 is 10.2 Å². The summed E-state index contributed by atoms with van der Waals surface area (Å²) >= 11 is 0. The van der Waals surface area contributed by atoms with Crippen LogP contribution in [-0.2, 0) is 0 Å². The molecule has 1 saturated heterocycles. The largest absolute Gasteiger partial charge is 0.367 e. The number of nitrogens with zero attached hydrogens (tertiary/aromatic N) is 1. The molecule has 2 nitrogen and oxygen atoms in total. The van der Waals surface area contributed by atoms with Crippen molar-refractivity contribution < 1.29 is 0 Å². The summed E-state index contributed by atoms with van der Waals surface area (Å²) in [5.74, 6) is 0.784. The number of hydrogen-bond acceptors (Lipinski definition) is 2. The number of nitrogens with one attached hydrogen (secondary N) is 1. The minimum absolute atomic E-state index is 0.643. The lowest BCUT2D eigenvalue weighted by Gasteiger charge is -2.38. The smallest absolute Gasteiger partial charge is 0.0417 e. The SMILES string of the molecule is CCN(c1ccccc1C)C1CNCC(C)C1. The molecule has 2 unspecified atom stereocenters. The van der Waals surface area contributed by atoms with Gasteiger partial charge in [0.05, 0.1) is 0 Å². The van der Waals surface area contributed by atoms with Crippen molar-refractivity contribution in [1.29, 1.82) is 0 Å². The third-order valence-electron chi connectivity index (χ3n) is 3.75. The molecule has 0 aromatic heterocycles. The predicted molar refractivity (Wildman–Crippen MR) is 74.6 cm³/mol. The Balaban J connectivity index is 2.18. The van der Waals surface area contributed by atoms with Crippen LogP contribution >= 0.6 is 0 Å². The number of aryl methyl sites for hydroxylation is 1. The van der Waals surface area contributed by atoms with E-state index >= 15 is 0 Å². The Morgan fingerprint density at radius 2 is 2.06 bits per heavy atom. The lowest BCUT2D eigenvalue weighted by molar-refractivity contribution is 0.350. The van der Waals surface area contributed by atoms with Gasteiger partial charge >= 0.3 is 0 Å². The highest BCUT2D eigenvalue weighted by Gasteiger charge is 2.24. The van der Waals surface area contributed by atoms with Crippen molar-refractivity contribution in [1.82, 2.24) is 5.32 Å². The van der Waals surface area contributed by atoms with Crippen LogP contribution in [0.3, 0.4) is 0 Å². The Kier molecular flexibility index (Phi) is 4.06. The molecule has 1 aromatic carbocycles. The molecule has 1 aromatic rings. The molecule has 0 radical (unpaired) electrons. The second-order valence-electron chi connectivity index (χ2n) is 5.23. The van der Waals surface area contributed by atoms with Crippen LogP contribution in [0.4, 0.5) is 5.69 Å². The fourth-order valence-corrected chi connectivity index (χ4v) is 2.88. The molecular weight excluding hydrogens is 208 g/mol. The van der Waals surface area contributed by atoms with Crippen LogP contribution in [-0.4, -0.2) is 25.7 Å². The zero-order valence-electron chi connectivity index (χ0n) is 11.2. The summed E-state index contributed by atoms with van der Waals surface area (Å²) in [6.45, 7) is 10.2. The summed E-state index contributed by atoms with van der Waals surface area (Å²) in [6.07, 6.45) is 1.30. The first-order valence-electron chi connectivity index (χ1n) is 6.75. The van der Waals surface area contributed by atoms with Gasteiger partial charge in [0.1, 0.15) is 0 Å². The zero-order valence-corrected chi connectivity index (χ0v) is 11.2. The van der Waals surface area contributed by atoms with E-state index in [1.165, 1.54) is 24.2 Å². The third kappa shape index (κ3) is 2.81. The van der Waals surface area contributed by atoms with Crippen LogP contribution < -0.4 is 10.2 Å². The normalized spacial score (nSPS) is 24.6. The van der Waals surface area contributed by atoms with Crippen molar-refractivity contribution in [2.75, 3.05) is 24.5 Å². The molecule has 0 aliphatic carbocycles. The monoisotopic (exact) mass is 232 g/mol. The first kappa shape index (κ1) is 12.4. The summed E-state index contributed by atoms with van der Waals surface area (Å²) in [5, 5.41) is 3.55. The second kappa shape index (κ2) is 5.54. The lowest BCUT2D eigenvalue weighted by atomic mass is 9.95. The summed E-state index contributed by atoms with van der Waals surface area (Å²) in [7, 11) is 0. The Bertz CT molecular complexity index is 362. The van der Waals surface area contributed by atoms with E-state index in [9.17, 15) is 0 Å². The van der Waals surface area contributed by atoms with Crippen LogP contribution in [0.5, 0.6) is 0 Å². The summed E-state index contributed by atoms with van der Waals surface area (Å²) in [6, 6.07) is 9.36. The van der Waals surface area contributed by atoms with E-state index < -0.39 is 0 Å². The van der Waals surface area contributed by atoms with Gasteiger partial charge in [0.25, 0.3) is 0 Å². The maximum atomic E-state index is 3.55. The van der Waals surface area contributed by atoms with Crippen molar-refractivity contribution in [2.24, 2.45) is 5.92 Å². The number of hydrogen-bond donors (Lipinski definition) is 1. The van der Waals surface area contributed by atoms with Gasteiger partial charge in [-0.3, -0.25) is 0 Å². The van der Waals surface area contributed by atoms with Crippen LogP contribution in [0.2, 0.25) is 0 Å². The molecule has 1 aliphatic heterocycles. The van der Waals surface area contributed by atoms with Crippen LogP contribution in [0, 0.1) is 12.8 Å². The first-order valence-corrected chi connectivity index (χ1v) is 6.75. The van der Waals surface area contributed by atoms with Gasteiger partial charge in [0.15, 0.2) is 0 Å². The maximum Gasteiger partial charge on any atom is 0.0417 e. The zero-order chi connectivity index (χ0) is 12.3. The predicted octanol–water partition coefficient (Wildman–Crippen LogP) is 2.82. The van der Waals surface area contributed by atoms with E-state index in [4.69, 9.17) is 0 Å². The molecule has 94 valence electrons. The summed E-state index contributed by atoms with van der Waals surface area (Å²) in [4.78, 5) is 2.55. The number of likely N-dealkylation sites (N-methyl/N-ethyl adjacent to an activating group) is 1. The van der Waals surface area contributed by atoms with Gasteiger partial charge in [0, 0.05) is 24.8 Å². The minimum atomic E-state index is 0.643. The molecule has 1 heterocycles. The molecule has 1 aliphatic rings. The molecular formula is C15H24N2. The highest BCUT2D eigenvalue weighted by atomic mass is 15.2. The molecule has 2 atom stereocenters. The quantitative estimate of drug-likeness (QED) is 0.862. The first-order chi connectivity index (χ1) is 8.22. The van der Waals surface area contributed by atoms with E-state index in [1.807, 2.05) is 0 Å². The molecule has 2 heteroatoms. The molecule has 0 spiro atoms. The van der Waals surface area contributed by atoms with Crippen LogP contribution in [0.15, 0.2) is 24.3 Å². The summed E-state index contributed by atoms with van der Waals surface area (Å²) in [5.41, 5.74) is 2.78. The van der Waals surface area contributed by atoms with E-state index in [0.29, 0.717) is 6.04 Å². The Hall–Kier alpha value is -1.02. The molecule has 1 fully saturated rings. The Morgan fingerprint density at radius 1 is 1.29 bits per heavy atom. The van der Waals surface area contributed by atoms with Crippen molar-refractivity contribution in [3.63, 3.8) is 0 Å². The number of para-hydroxylation sites is 1. The van der Waals surface area contributed by atoms with Crippen LogP contribution in [0.1, 0.15) is 25.8 Å². The van der Waals surface area contributed by atoms with Crippen LogP contribution in [0.25, 0.3) is 0 Å². The van der Waals surface area contributed by atoms with Gasteiger partial charge in [-0.2, -0.15) is 0 Å². The molecule has 0 amide bonds. The highest BCUT2D eigenvalue weighted by molar-refractivity contribution is 5.53. The maximum absolute atomic E-state index is 3.55. The van der Waals surface area contributed by atoms with Gasteiger partial charge in [-0.25, -0.2) is 0 Å². The minimum Gasteiger partial charge on any atom is -0.367 e. The van der Waals surface area contributed by atoms with E-state index in [-0.39, 0.29) is 0 Å². The fourth-order valence-electron chi connectivity index (χ4n) is 2.88. The molecule has 2 rings (SSSR count). The third-order valence-corrected chi connectivity index (χ3v) is 3.75. The van der Waals surface area contributed by atoms with Gasteiger partial charge in [-0.1, -0.05) is 25.1 Å².